The second-order valence-electron chi connectivity index (χ2n) is 2.51. The highest BCUT2D eigenvalue weighted by Gasteiger charge is 2.33. The van der Waals surface area contributed by atoms with Gasteiger partial charge in [0.05, 0.1) is 12.5 Å². The average molecular weight is 192 g/mol. The van der Waals surface area contributed by atoms with Gasteiger partial charge in [-0.15, -0.1) is 0 Å². The van der Waals surface area contributed by atoms with Gasteiger partial charge >= 0.3 is 0 Å². The Kier molecular flexibility index (Phi) is 5.15. The first-order valence-corrected chi connectivity index (χ1v) is 4.15. The fraction of sp³-hybridized carbons (Fsp3) is 0.167. The highest BCUT2D eigenvalue weighted by atomic mass is 16.5. The summed E-state index contributed by atoms with van der Waals surface area (Å²) in [6.45, 7) is 17.9. The second-order valence-corrected chi connectivity index (χ2v) is 2.51. The smallest absolute Gasteiger partial charge is 0.184 e. The summed E-state index contributed by atoms with van der Waals surface area (Å²) in [4.78, 5) is 0. The van der Waals surface area contributed by atoms with Crippen molar-refractivity contribution in [1.82, 2.24) is 0 Å². The van der Waals surface area contributed by atoms with E-state index >= 15 is 0 Å². The molecule has 0 radical (unpaired) electrons. The van der Waals surface area contributed by atoms with E-state index in [0.29, 0.717) is 0 Å². The lowest BCUT2D eigenvalue weighted by molar-refractivity contribution is 0.00316. The Morgan fingerprint density at radius 3 is 1.79 bits per heavy atom. The average Bonchev–Trinajstić information content (AvgIpc) is 2.23. The molecule has 0 aliphatic carbocycles. The van der Waals surface area contributed by atoms with Crippen LogP contribution in [0.4, 0.5) is 0 Å². The summed E-state index contributed by atoms with van der Waals surface area (Å²) in [6.07, 6.45) is 6.96. The minimum absolute atomic E-state index is 0.423. The van der Waals surface area contributed by atoms with E-state index in [4.69, 9.17) is 9.47 Å². The van der Waals surface area contributed by atoms with Crippen molar-refractivity contribution in [3.05, 3.63) is 63.6 Å². The zero-order valence-corrected chi connectivity index (χ0v) is 8.32. The fourth-order valence-corrected chi connectivity index (χ4v) is 1.07. The van der Waals surface area contributed by atoms with E-state index in [1.807, 2.05) is 0 Å². The minimum atomic E-state index is -0.850. The summed E-state index contributed by atoms with van der Waals surface area (Å²) >= 11 is 0. The van der Waals surface area contributed by atoms with Gasteiger partial charge in [-0.3, -0.25) is 0 Å². The fourth-order valence-electron chi connectivity index (χ4n) is 1.07. The molecule has 14 heavy (non-hydrogen) atoms. The molecule has 0 aromatic carbocycles. The molecule has 0 fully saturated rings. The van der Waals surface area contributed by atoms with Gasteiger partial charge in [0.2, 0.25) is 0 Å². The number of ether oxygens (including phenoxy) is 2. The Hall–Kier alpha value is -1.70. The monoisotopic (exact) mass is 192 g/mol. The van der Waals surface area contributed by atoms with Crippen molar-refractivity contribution < 1.29 is 9.47 Å². The lowest BCUT2D eigenvalue weighted by Gasteiger charge is -2.31. The van der Waals surface area contributed by atoms with Crippen molar-refractivity contribution in [2.45, 2.75) is 11.7 Å². The summed E-state index contributed by atoms with van der Waals surface area (Å²) in [6, 6.07) is 0. The first-order chi connectivity index (χ1) is 6.70. The van der Waals surface area contributed by atoms with Gasteiger partial charge in [0.15, 0.2) is 11.7 Å². The van der Waals surface area contributed by atoms with Gasteiger partial charge in [0.25, 0.3) is 0 Å². The van der Waals surface area contributed by atoms with E-state index in [-0.39, 0.29) is 0 Å². The van der Waals surface area contributed by atoms with Gasteiger partial charge in [-0.2, -0.15) is 0 Å². The van der Waals surface area contributed by atoms with E-state index in [2.05, 4.69) is 32.9 Å². The third kappa shape index (κ3) is 2.39. The largest absolute Gasteiger partial charge is 0.490 e. The van der Waals surface area contributed by atoms with Crippen LogP contribution in [0.5, 0.6) is 0 Å². The minimum Gasteiger partial charge on any atom is -0.490 e. The molecule has 2 nitrogen and oxygen atoms in total. The molecular weight excluding hydrogens is 176 g/mol. The maximum Gasteiger partial charge on any atom is 0.184 e. The summed E-state index contributed by atoms with van der Waals surface area (Å²) in [5.74, 6) is 0. The highest BCUT2D eigenvalue weighted by Crippen LogP contribution is 2.23. The van der Waals surface area contributed by atoms with E-state index < -0.39 is 11.7 Å². The molecule has 0 aliphatic rings. The Morgan fingerprint density at radius 1 is 0.929 bits per heavy atom. The van der Waals surface area contributed by atoms with Crippen LogP contribution >= 0.6 is 0 Å². The highest BCUT2D eigenvalue weighted by molar-refractivity contribution is 5.19. The molecular formula is C12H16O2. The van der Waals surface area contributed by atoms with E-state index in [1.54, 1.807) is 18.2 Å². The third-order valence-corrected chi connectivity index (χ3v) is 1.83. The van der Waals surface area contributed by atoms with E-state index in [9.17, 15) is 0 Å². The van der Waals surface area contributed by atoms with Gasteiger partial charge in [-0.25, -0.2) is 0 Å². The molecule has 0 aliphatic heterocycles. The van der Waals surface area contributed by atoms with Crippen LogP contribution in [0, 0.1) is 0 Å². The quantitative estimate of drug-likeness (QED) is 0.435. The van der Waals surface area contributed by atoms with Crippen molar-refractivity contribution in [2.75, 3.05) is 0 Å². The van der Waals surface area contributed by atoms with Crippen molar-refractivity contribution in [3.8, 4) is 0 Å². The molecule has 0 rings (SSSR count). The Bertz CT molecular complexity index is 233. The first kappa shape index (κ1) is 12.3. The molecule has 0 saturated carbocycles. The van der Waals surface area contributed by atoms with Gasteiger partial charge < -0.3 is 9.47 Å². The van der Waals surface area contributed by atoms with Crippen LogP contribution in [0.25, 0.3) is 0 Å². The molecule has 0 aromatic heterocycles. The van der Waals surface area contributed by atoms with E-state index in [0.717, 1.165) is 0 Å². The molecule has 0 saturated heterocycles. The first-order valence-electron chi connectivity index (χ1n) is 4.15. The maximum atomic E-state index is 5.32. The molecule has 0 heterocycles. The third-order valence-electron chi connectivity index (χ3n) is 1.83. The van der Waals surface area contributed by atoms with Crippen LogP contribution in [-0.2, 0) is 9.47 Å². The summed E-state index contributed by atoms with van der Waals surface area (Å²) in [5.41, 5.74) is -0.850. The van der Waals surface area contributed by atoms with Crippen molar-refractivity contribution >= 4 is 0 Å². The van der Waals surface area contributed by atoms with Crippen LogP contribution in [0.15, 0.2) is 63.6 Å². The molecule has 76 valence electrons. The topological polar surface area (TPSA) is 18.5 Å². The number of rotatable bonds is 8. The lowest BCUT2D eigenvalue weighted by Crippen LogP contribution is -2.39. The zero-order chi connectivity index (χ0) is 11.0. The molecule has 1 unspecified atom stereocenters. The van der Waals surface area contributed by atoms with Crippen LogP contribution in [0.3, 0.4) is 0 Å². The van der Waals surface area contributed by atoms with Gasteiger partial charge in [0.1, 0.15) is 0 Å². The van der Waals surface area contributed by atoms with Crippen LogP contribution in [0.1, 0.15) is 0 Å². The summed E-state index contributed by atoms with van der Waals surface area (Å²) < 4.78 is 10.5. The molecule has 2 heteroatoms. The predicted octanol–water partition coefficient (Wildman–Crippen LogP) is 2.97. The van der Waals surface area contributed by atoms with Crippen LogP contribution in [0.2, 0.25) is 0 Å². The zero-order valence-electron chi connectivity index (χ0n) is 8.32. The number of hydrogen-bond donors (Lipinski definition) is 0. The summed E-state index contributed by atoms with van der Waals surface area (Å²) in [7, 11) is 0. The maximum absolute atomic E-state index is 5.32. The Balaban J connectivity index is 4.98. The Morgan fingerprint density at radius 2 is 1.50 bits per heavy atom. The predicted molar refractivity (Wildman–Crippen MR) is 59.7 cm³/mol. The Labute approximate surface area is 85.5 Å². The van der Waals surface area contributed by atoms with Gasteiger partial charge in [-0.05, 0) is 18.2 Å². The van der Waals surface area contributed by atoms with E-state index in [1.165, 1.54) is 12.5 Å². The molecule has 1 atom stereocenters. The van der Waals surface area contributed by atoms with Crippen molar-refractivity contribution in [1.29, 1.82) is 0 Å². The van der Waals surface area contributed by atoms with Crippen LogP contribution < -0.4 is 0 Å². The second kappa shape index (κ2) is 5.86. The van der Waals surface area contributed by atoms with Gasteiger partial charge in [-0.1, -0.05) is 32.9 Å². The van der Waals surface area contributed by atoms with Crippen LogP contribution in [-0.4, -0.2) is 11.7 Å². The molecule has 0 spiro atoms. The molecule has 0 bridgehead atoms. The summed E-state index contributed by atoms with van der Waals surface area (Å²) in [5, 5.41) is 0. The van der Waals surface area contributed by atoms with Crippen molar-refractivity contribution in [2.24, 2.45) is 0 Å². The van der Waals surface area contributed by atoms with Gasteiger partial charge in [0, 0.05) is 0 Å². The molecule has 0 amide bonds. The SMILES string of the molecule is C=COC(C=C)C(C=C)(C=C)OC=C. The normalized spacial score (nSPS) is 12.0. The van der Waals surface area contributed by atoms with Crippen molar-refractivity contribution in [3.63, 3.8) is 0 Å². The standard InChI is InChI=1S/C12H16O2/c1-6-11(13-9-4)12(7-2,8-3)14-10-5/h6-11H,1-5H2. The lowest BCUT2D eigenvalue weighted by atomic mass is 9.96. The number of hydrogen-bond acceptors (Lipinski definition) is 2. The molecule has 0 aromatic rings. The molecule has 0 N–H and O–H groups in total.